The third-order valence-electron chi connectivity index (χ3n) is 3.74. The Kier molecular flexibility index (Phi) is 4.09. The summed E-state index contributed by atoms with van der Waals surface area (Å²) in [6.07, 6.45) is 4.22. The highest BCUT2D eigenvalue weighted by molar-refractivity contribution is 6.30. The predicted octanol–water partition coefficient (Wildman–Crippen LogP) is 2.03. The molecule has 1 aliphatic carbocycles. The van der Waals surface area contributed by atoms with Crippen LogP contribution >= 0.6 is 11.6 Å². The summed E-state index contributed by atoms with van der Waals surface area (Å²) in [6, 6.07) is 0.378. The third-order valence-corrected chi connectivity index (χ3v) is 4.23. The molecule has 1 heterocycles. The lowest BCUT2D eigenvalue weighted by atomic mass is 10.0. The molecule has 3 atom stereocenters. The van der Waals surface area contributed by atoms with Crippen molar-refractivity contribution in [2.75, 3.05) is 19.8 Å². The normalized spacial score (nSPS) is 32.0. The number of nitrogens with zero attached hydrogens (tertiary/aromatic N) is 1. The summed E-state index contributed by atoms with van der Waals surface area (Å²) >= 11 is 6.06. The van der Waals surface area contributed by atoms with E-state index in [4.69, 9.17) is 16.3 Å². The molecule has 0 radical (unpaired) electrons. The van der Waals surface area contributed by atoms with Gasteiger partial charge in [0.15, 0.2) is 0 Å². The first-order chi connectivity index (χ1) is 7.74. The molecule has 1 amide bonds. The van der Waals surface area contributed by atoms with Gasteiger partial charge in [-0.15, -0.1) is 11.6 Å². The average molecular weight is 246 g/mol. The van der Waals surface area contributed by atoms with Crippen molar-refractivity contribution in [1.82, 2.24) is 4.90 Å². The van der Waals surface area contributed by atoms with Crippen LogP contribution in [-0.4, -0.2) is 42.0 Å². The molecule has 0 N–H and O–H groups in total. The van der Waals surface area contributed by atoms with E-state index in [0.717, 1.165) is 13.0 Å². The first-order valence-corrected chi connectivity index (χ1v) is 6.70. The fourth-order valence-electron chi connectivity index (χ4n) is 2.81. The maximum atomic E-state index is 12.2. The Balaban J connectivity index is 2.08. The van der Waals surface area contributed by atoms with Crippen molar-refractivity contribution in [1.29, 1.82) is 0 Å². The molecule has 4 heteroatoms. The molecule has 2 rings (SSSR count). The van der Waals surface area contributed by atoms with Gasteiger partial charge in [0.05, 0.1) is 13.2 Å². The van der Waals surface area contributed by atoms with Crippen molar-refractivity contribution < 1.29 is 9.53 Å². The van der Waals surface area contributed by atoms with Gasteiger partial charge in [-0.25, -0.2) is 0 Å². The molecular weight excluding hydrogens is 226 g/mol. The minimum absolute atomic E-state index is 0.103. The van der Waals surface area contributed by atoms with Gasteiger partial charge in [0.25, 0.3) is 0 Å². The van der Waals surface area contributed by atoms with E-state index in [1.165, 1.54) is 12.8 Å². The molecule has 2 fully saturated rings. The summed E-state index contributed by atoms with van der Waals surface area (Å²) in [5, 5.41) is -0.362. The number of amides is 1. The number of alkyl halides is 1. The van der Waals surface area contributed by atoms with Crippen molar-refractivity contribution in [3.8, 4) is 0 Å². The number of hydrogen-bond donors (Lipinski definition) is 0. The van der Waals surface area contributed by atoms with Crippen LogP contribution in [0.2, 0.25) is 0 Å². The van der Waals surface area contributed by atoms with Gasteiger partial charge >= 0.3 is 0 Å². The molecule has 1 aliphatic heterocycles. The molecule has 1 saturated carbocycles. The Morgan fingerprint density at radius 1 is 1.56 bits per heavy atom. The van der Waals surface area contributed by atoms with Crippen LogP contribution in [0.4, 0.5) is 0 Å². The summed E-state index contributed by atoms with van der Waals surface area (Å²) in [5.74, 6) is 0.638. The molecule has 3 nitrogen and oxygen atoms in total. The monoisotopic (exact) mass is 245 g/mol. The van der Waals surface area contributed by atoms with E-state index in [1.54, 1.807) is 0 Å². The van der Waals surface area contributed by atoms with Gasteiger partial charge in [0.1, 0.15) is 5.38 Å². The number of fused-ring (bicyclic) bond motifs is 1. The van der Waals surface area contributed by atoms with Crippen LogP contribution in [-0.2, 0) is 9.53 Å². The Morgan fingerprint density at radius 2 is 2.38 bits per heavy atom. The van der Waals surface area contributed by atoms with Crippen molar-refractivity contribution in [3.05, 3.63) is 0 Å². The summed E-state index contributed by atoms with van der Waals surface area (Å²) in [6.45, 7) is 4.14. The van der Waals surface area contributed by atoms with Gasteiger partial charge < -0.3 is 9.64 Å². The second kappa shape index (κ2) is 5.37. The number of hydrogen-bond acceptors (Lipinski definition) is 2. The summed E-state index contributed by atoms with van der Waals surface area (Å²) in [7, 11) is 0. The van der Waals surface area contributed by atoms with E-state index in [9.17, 15) is 4.79 Å². The molecule has 2 aliphatic rings. The summed E-state index contributed by atoms with van der Waals surface area (Å²) in [5.41, 5.74) is 0. The zero-order valence-corrected chi connectivity index (χ0v) is 10.6. The highest BCUT2D eigenvalue weighted by atomic mass is 35.5. The number of rotatable bonds is 2. The molecule has 0 bridgehead atoms. The molecule has 0 aromatic carbocycles. The fourth-order valence-corrected chi connectivity index (χ4v) is 2.94. The largest absolute Gasteiger partial charge is 0.379 e. The van der Waals surface area contributed by atoms with Crippen LogP contribution in [0.5, 0.6) is 0 Å². The maximum absolute atomic E-state index is 12.2. The van der Waals surface area contributed by atoms with Crippen molar-refractivity contribution in [3.63, 3.8) is 0 Å². The van der Waals surface area contributed by atoms with Gasteiger partial charge in [0, 0.05) is 18.5 Å². The van der Waals surface area contributed by atoms with Gasteiger partial charge in [0.2, 0.25) is 5.91 Å². The number of ether oxygens (including phenoxy) is 1. The highest BCUT2D eigenvalue weighted by Crippen LogP contribution is 2.32. The van der Waals surface area contributed by atoms with E-state index in [1.807, 2.05) is 11.8 Å². The van der Waals surface area contributed by atoms with E-state index in [2.05, 4.69) is 0 Å². The molecular formula is C12H20ClNO2. The average Bonchev–Trinajstić information content (AvgIpc) is 2.67. The lowest BCUT2D eigenvalue weighted by molar-refractivity contribution is -0.133. The highest BCUT2D eigenvalue weighted by Gasteiger charge is 2.37. The fraction of sp³-hybridized carbons (Fsp3) is 0.917. The molecule has 1 saturated heterocycles. The third kappa shape index (κ3) is 2.35. The van der Waals surface area contributed by atoms with Crippen LogP contribution in [0, 0.1) is 5.92 Å². The van der Waals surface area contributed by atoms with Crippen molar-refractivity contribution in [2.24, 2.45) is 5.92 Å². The lowest BCUT2D eigenvalue weighted by Crippen LogP contribution is -2.46. The van der Waals surface area contributed by atoms with Gasteiger partial charge in [-0.1, -0.05) is 13.3 Å². The van der Waals surface area contributed by atoms with E-state index in [0.29, 0.717) is 31.5 Å². The Labute approximate surface area is 102 Å². The molecule has 16 heavy (non-hydrogen) atoms. The maximum Gasteiger partial charge on any atom is 0.240 e. The Hall–Kier alpha value is -0.280. The van der Waals surface area contributed by atoms with Crippen LogP contribution in [0.25, 0.3) is 0 Å². The minimum Gasteiger partial charge on any atom is -0.379 e. The first kappa shape index (κ1) is 12.2. The molecule has 0 aromatic heterocycles. The minimum atomic E-state index is -0.362. The van der Waals surface area contributed by atoms with Crippen LogP contribution < -0.4 is 0 Å². The standard InChI is InChI=1S/C12H20ClNO2/c1-2-10(13)12(15)14-6-7-16-8-9-4-3-5-11(9)14/h9-11H,2-8H2,1H3/t9-,10-,11-/m0/s1. The summed E-state index contributed by atoms with van der Waals surface area (Å²) in [4.78, 5) is 14.1. The Morgan fingerprint density at radius 3 is 3.12 bits per heavy atom. The second-order valence-corrected chi connectivity index (χ2v) is 5.27. The zero-order chi connectivity index (χ0) is 11.5. The number of halogens is 1. The first-order valence-electron chi connectivity index (χ1n) is 6.26. The Bertz CT molecular complexity index is 259. The topological polar surface area (TPSA) is 29.5 Å². The van der Waals surface area contributed by atoms with Crippen molar-refractivity contribution in [2.45, 2.75) is 44.0 Å². The van der Waals surface area contributed by atoms with Crippen LogP contribution in [0.1, 0.15) is 32.6 Å². The smallest absolute Gasteiger partial charge is 0.240 e. The lowest BCUT2D eigenvalue weighted by Gasteiger charge is -2.31. The van der Waals surface area contributed by atoms with Crippen molar-refractivity contribution >= 4 is 17.5 Å². The van der Waals surface area contributed by atoms with Gasteiger partial charge in [-0.05, 0) is 19.3 Å². The second-order valence-electron chi connectivity index (χ2n) is 4.74. The summed E-state index contributed by atoms with van der Waals surface area (Å²) < 4.78 is 5.57. The number of carbonyl (C=O) groups excluding carboxylic acids is 1. The molecule has 0 unspecified atom stereocenters. The van der Waals surface area contributed by atoms with E-state index < -0.39 is 0 Å². The van der Waals surface area contributed by atoms with Gasteiger partial charge in [-0.2, -0.15) is 0 Å². The SMILES string of the molecule is CC[C@H](Cl)C(=O)N1CCOC[C@@H]2CCC[C@@H]21. The van der Waals surface area contributed by atoms with Gasteiger partial charge in [-0.3, -0.25) is 4.79 Å². The predicted molar refractivity (Wildman–Crippen MR) is 63.6 cm³/mol. The zero-order valence-electron chi connectivity index (χ0n) is 9.82. The number of carbonyl (C=O) groups is 1. The quantitative estimate of drug-likeness (QED) is 0.697. The van der Waals surface area contributed by atoms with Crippen LogP contribution in [0.3, 0.4) is 0 Å². The van der Waals surface area contributed by atoms with E-state index >= 15 is 0 Å². The van der Waals surface area contributed by atoms with E-state index in [-0.39, 0.29) is 11.3 Å². The molecule has 0 spiro atoms. The van der Waals surface area contributed by atoms with Crippen LogP contribution in [0.15, 0.2) is 0 Å². The molecule has 0 aromatic rings. The molecule has 92 valence electrons.